The Bertz CT molecular complexity index is 169. The van der Waals surface area contributed by atoms with Crippen LogP contribution >= 0.6 is 0 Å². The monoisotopic (exact) mass is 196 g/mol. The molecule has 0 bridgehead atoms. The minimum atomic E-state index is 0.452. The normalized spacial score (nSPS) is 27.2. The zero-order chi connectivity index (χ0) is 9.86. The van der Waals surface area contributed by atoms with Crippen molar-refractivity contribution in [3.63, 3.8) is 0 Å². The van der Waals surface area contributed by atoms with Crippen LogP contribution in [-0.2, 0) is 0 Å². The Labute approximate surface area is 87.6 Å². The largest absolute Gasteiger partial charge is 0.330 e. The van der Waals surface area contributed by atoms with Crippen molar-refractivity contribution in [1.29, 1.82) is 0 Å². The summed E-state index contributed by atoms with van der Waals surface area (Å²) in [6.45, 7) is 2.06. The van der Waals surface area contributed by atoms with E-state index in [9.17, 15) is 0 Å². The van der Waals surface area contributed by atoms with Crippen LogP contribution in [0.1, 0.15) is 51.4 Å². The molecule has 0 radical (unpaired) electrons. The topological polar surface area (TPSA) is 38.0 Å². The maximum atomic E-state index is 5.94. The van der Waals surface area contributed by atoms with Gasteiger partial charge in [-0.2, -0.15) is 0 Å². The Morgan fingerprint density at radius 1 is 1.07 bits per heavy atom. The summed E-state index contributed by atoms with van der Waals surface area (Å²) in [5.74, 6) is 0. The molecule has 2 aliphatic carbocycles. The predicted octanol–water partition coefficient (Wildman–Crippen LogP) is 2.04. The summed E-state index contributed by atoms with van der Waals surface area (Å²) < 4.78 is 0. The first kappa shape index (κ1) is 10.4. The second-order valence-electron chi connectivity index (χ2n) is 5.27. The maximum absolute atomic E-state index is 5.94. The second kappa shape index (κ2) is 4.63. The fourth-order valence-electron chi connectivity index (χ4n) is 2.73. The van der Waals surface area contributed by atoms with Crippen LogP contribution in [0.5, 0.6) is 0 Å². The molecular formula is C12H24N2. The first-order chi connectivity index (χ1) is 6.85. The zero-order valence-electron chi connectivity index (χ0n) is 9.23. The van der Waals surface area contributed by atoms with Crippen LogP contribution in [-0.4, -0.2) is 19.1 Å². The van der Waals surface area contributed by atoms with Crippen molar-refractivity contribution < 1.29 is 0 Å². The molecule has 2 heteroatoms. The molecule has 2 aliphatic rings. The van der Waals surface area contributed by atoms with E-state index in [1.807, 2.05) is 0 Å². The van der Waals surface area contributed by atoms with Crippen molar-refractivity contribution in [2.24, 2.45) is 11.1 Å². The molecule has 0 saturated heterocycles. The van der Waals surface area contributed by atoms with Gasteiger partial charge in [-0.05, 0) is 37.6 Å². The molecule has 0 atom stereocenters. The van der Waals surface area contributed by atoms with Crippen molar-refractivity contribution in [3.05, 3.63) is 0 Å². The lowest BCUT2D eigenvalue weighted by Gasteiger charge is -2.39. The zero-order valence-corrected chi connectivity index (χ0v) is 9.23. The van der Waals surface area contributed by atoms with Gasteiger partial charge in [0.15, 0.2) is 0 Å². The van der Waals surface area contributed by atoms with Gasteiger partial charge in [-0.25, -0.2) is 0 Å². The van der Waals surface area contributed by atoms with Crippen LogP contribution in [0, 0.1) is 5.41 Å². The first-order valence-electron chi connectivity index (χ1n) is 6.28. The summed E-state index contributed by atoms with van der Waals surface area (Å²) in [5.41, 5.74) is 6.40. The van der Waals surface area contributed by atoms with E-state index in [1.165, 1.54) is 57.9 Å². The fourth-order valence-corrected chi connectivity index (χ4v) is 2.73. The Hall–Kier alpha value is -0.0800. The van der Waals surface area contributed by atoms with E-state index < -0.39 is 0 Å². The molecule has 0 spiro atoms. The highest BCUT2D eigenvalue weighted by Crippen LogP contribution is 2.35. The molecule has 3 N–H and O–H groups in total. The van der Waals surface area contributed by atoms with Gasteiger partial charge >= 0.3 is 0 Å². The molecule has 2 rings (SSSR count). The molecule has 0 aromatic carbocycles. The SMILES string of the molecule is NCC1(CNC2CCC2)CCCCC1. The first-order valence-corrected chi connectivity index (χ1v) is 6.28. The number of rotatable bonds is 4. The Morgan fingerprint density at radius 2 is 1.79 bits per heavy atom. The van der Waals surface area contributed by atoms with Crippen LogP contribution in [0.25, 0.3) is 0 Å². The fraction of sp³-hybridized carbons (Fsp3) is 1.00. The third-order valence-electron chi connectivity index (χ3n) is 4.22. The summed E-state index contributed by atoms with van der Waals surface area (Å²) in [6.07, 6.45) is 11.1. The van der Waals surface area contributed by atoms with E-state index in [0.717, 1.165) is 12.6 Å². The average Bonchev–Trinajstić information content (AvgIpc) is 2.17. The molecular weight excluding hydrogens is 172 g/mol. The number of nitrogens with two attached hydrogens (primary N) is 1. The van der Waals surface area contributed by atoms with Gasteiger partial charge in [0.05, 0.1) is 0 Å². The van der Waals surface area contributed by atoms with E-state index in [2.05, 4.69) is 5.32 Å². The van der Waals surface area contributed by atoms with Gasteiger partial charge in [0.25, 0.3) is 0 Å². The van der Waals surface area contributed by atoms with Gasteiger partial charge in [0.1, 0.15) is 0 Å². The van der Waals surface area contributed by atoms with E-state index in [-0.39, 0.29) is 0 Å². The van der Waals surface area contributed by atoms with E-state index in [0.29, 0.717) is 5.41 Å². The molecule has 0 amide bonds. The van der Waals surface area contributed by atoms with Gasteiger partial charge in [0.2, 0.25) is 0 Å². The predicted molar refractivity (Wildman–Crippen MR) is 60.2 cm³/mol. The van der Waals surface area contributed by atoms with Crippen LogP contribution in [0.2, 0.25) is 0 Å². The molecule has 0 aromatic heterocycles. The number of nitrogens with one attached hydrogen (secondary N) is 1. The van der Waals surface area contributed by atoms with Gasteiger partial charge < -0.3 is 11.1 Å². The Kier molecular flexibility index (Phi) is 3.45. The van der Waals surface area contributed by atoms with Crippen molar-refractivity contribution in [1.82, 2.24) is 5.32 Å². The third-order valence-corrected chi connectivity index (χ3v) is 4.22. The molecule has 14 heavy (non-hydrogen) atoms. The van der Waals surface area contributed by atoms with E-state index >= 15 is 0 Å². The van der Waals surface area contributed by atoms with Crippen molar-refractivity contribution >= 4 is 0 Å². The molecule has 0 heterocycles. The standard InChI is InChI=1S/C12H24N2/c13-9-12(7-2-1-3-8-12)10-14-11-5-4-6-11/h11,14H,1-10,13H2. The highest BCUT2D eigenvalue weighted by atomic mass is 14.9. The molecule has 82 valence electrons. The second-order valence-corrected chi connectivity index (χ2v) is 5.27. The maximum Gasteiger partial charge on any atom is 0.00673 e. The van der Waals surface area contributed by atoms with Crippen LogP contribution in [0.4, 0.5) is 0 Å². The number of hydrogen-bond acceptors (Lipinski definition) is 2. The highest BCUT2D eigenvalue weighted by Gasteiger charge is 2.31. The van der Waals surface area contributed by atoms with E-state index in [1.54, 1.807) is 0 Å². The lowest BCUT2D eigenvalue weighted by Crippen LogP contribution is -2.46. The van der Waals surface area contributed by atoms with Crippen molar-refractivity contribution in [2.45, 2.75) is 57.4 Å². The Morgan fingerprint density at radius 3 is 2.29 bits per heavy atom. The molecule has 0 unspecified atom stereocenters. The molecule has 0 aromatic rings. The minimum Gasteiger partial charge on any atom is -0.330 e. The molecule has 0 aliphatic heterocycles. The van der Waals surface area contributed by atoms with Crippen molar-refractivity contribution in [2.75, 3.05) is 13.1 Å². The molecule has 2 saturated carbocycles. The summed E-state index contributed by atoms with van der Waals surface area (Å²) in [7, 11) is 0. The van der Waals surface area contributed by atoms with Crippen molar-refractivity contribution in [3.8, 4) is 0 Å². The van der Waals surface area contributed by atoms with Crippen LogP contribution < -0.4 is 11.1 Å². The van der Waals surface area contributed by atoms with Gasteiger partial charge in [0, 0.05) is 12.6 Å². The molecule has 2 nitrogen and oxygen atoms in total. The summed E-state index contributed by atoms with van der Waals surface area (Å²) >= 11 is 0. The van der Waals surface area contributed by atoms with Crippen LogP contribution in [0.15, 0.2) is 0 Å². The minimum absolute atomic E-state index is 0.452. The van der Waals surface area contributed by atoms with Gasteiger partial charge in [-0.1, -0.05) is 25.7 Å². The third kappa shape index (κ3) is 2.29. The molecule has 2 fully saturated rings. The average molecular weight is 196 g/mol. The lowest BCUT2D eigenvalue weighted by atomic mass is 9.73. The van der Waals surface area contributed by atoms with Crippen LogP contribution in [0.3, 0.4) is 0 Å². The summed E-state index contributed by atoms with van der Waals surface area (Å²) in [6, 6.07) is 0.820. The van der Waals surface area contributed by atoms with Gasteiger partial charge in [-0.3, -0.25) is 0 Å². The number of hydrogen-bond donors (Lipinski definition) is 2. The highest BCUT2D eigenvalue weighted by molar-refractivity contribution is 4.88. The van der Waals surface area contributed by atoms with E-state index in [4.69, 9.17) is 5.73 Å². The Balaban J connectivity index is 1.77. The smallest absolute Gasteiger partial charge is 0.00673 e. The quantitative estimate of drug-likeness (QED) is 0.722. The lowest BCUT2D eigenvalue weighted by molar-refractivity contribution is 0.172. The van der Waals surface area contributed by atoms with Gasteiger partial charge in [-0.15, -0.1) is 0 Å². The summed E-state index contributed by atoms with van der Waals surface area (Å²) in [4.78, 5) is 0. The summed E-state index contributed by atoms with van der Waals surface area (Å²) in [5, 5.41) is 3.70.